The third-order valence-electron chi connectivity index (χ3n) is 2.38. The van der Waals surface area contributed by atoms with E-state index in [4.69, 9.17) is 22.1 Å². The van der Waals surface area contributed by atoms with E-state index in [1.807, 2.05) is 0 Å². The number of nitrogens with two attached hydrogens (primary N) is 1. The van der Waals surface area contributed by atoms with Crippen LogP contribution < -0.4 is 10.5 Å². The van der Waals surface area contributed by atoms with Crippen LogP contribution >= 0.6 is 11.6 Å². The second-order valence-corrected chi connectivity index (χ2v) is 4.13. The lowest BCUT2D eigenvalue weighted by Gasteiger charge is -2.10. The molecule has 94 valence electrons. The highest BCUT2D eigenvalue weighted by atomic mass is 35.5. The van der Waals surface area contributed by atoms with Crippen molar-refractivity contribution in [1.29, 1.82) is 0 Å². The van der Waals surface area contributed by atoms with E-state index in [2.05, 4.69) is 0 Å². The van der Waals surface area contributed by atoms with Gasteiger partial charge in [-0.2, -0.15) is 4.39 Å². The van der Waals surface area contributed by atoms with Crippen LogP contribution in [0.5, 0.6) is 5.75 Å². The number of hydrogen-bond acceptors (Lipinski definition) is 2. The van der Waals surface area contributed by atoms with Crippen LogP contribution in [0.15, 0.2) is 36.4 Å². The number of rotatable bonds is 3. The lowest BCUT2D eigenvalue weighted by Crippen LogP contribution is -2.02. The molecule has 0 atom stereocenters. The molecule has 18 heavy (non-hydrogen) atoms. The van der Waals surface area contributed by atoms with E-state index in [0.717, 1.165) is 11.6 Å². The first-order valence-corrected chi connectivity index (χ1v) is 5.56. The zero-order chi connectivity index (χ0) is 13.1. The van der Waals surface area contributed by atoms with E-state index in [0.29, 0.717) is 5.02 Å². The Morgan fingerprint density at radius 3 is 2.39 bits per heavy atom. The van der Waals surface area contributed by atoms with E-state index < -0.39 is 11.6 Å². The first-order valence-electron chi connectivity index (χ1n) is 5.18. The fourth-order valence-corrected chi connectivity index (χ4v) is 1.56. The predicted octanol–water partition coefficient (Wildman–Crippen LogP) is 3.78. The second-order valence-electron chi connectivity index (χ2n) is 3.69. The molecule has 0 fully saturated rings. The maximum atomic E-state index is 13.4. The normalized spacial score (nSPS) is 10.4. The molecule has 0 heterocycles. The summed E-state index contributed by atoms with van der Waals surface area (Å²) in [6, 6.07) is 9.05. The van der Waals surface area contributed by atoms with E-state index >= 15 is 0 Å². The molecular formula is C13H10ClF2NO. The Hall–Kier alpha value is -1.81. The standard InChI is InChI=1S/C13H10ClF2NO/c14-9-3-1-8(2-4-9)7-18-13-11(17)6-5-10(15)12(13)16/h1-6H,7,17H2. The smallest absolute Gasteiger partial charge is 0.202 e. The third kappa shape index (κ3) is 2.71. The number of ether oxygens (including phenoxy) is 1. The Morgan fingerprint density at radius 2 is 1.72 bits per heavy atom. The summed E-state index contributed by atoms with van der Waals surface area (Å²) >= 11 is 5.73. The monoisotopic (exact) mass is 269 g/mol. The summed E-state index contributed by atoms with van der Waals surface area (Å²) in [7, 11) is 0. The molecule has 2 nitrogen and oxygen atoms in total. The van der Waals surface area contributed by atoms with Gasteiger partial charge in [0, 0.05) is 5.02 Å². The highest BCUT2D eigenvalue weighted by molar-refractivity contribution is 6.30. The summed E-state index contributed by atoms with van der Waals surface area (Å²) in [5.41, 5.74) is 6.36. The molecule has 0 radical (unpaired) electrons. The van der Waals surface area contributed by atoms with Crippen molar-refractivity contribution in [2.24, 2.45) is 0 Å². The fraction of sp³-hybridized carbons (Fsp3) is 0.0769. The maximum absolute atomic E-state index is 13.4. The van der Waals surface area contributed by atoms with Crippen LogP contribution in [0.25, 0.3) is 0 Å². The summed E-state index contributed by atoms with van der Waals surface area (Å²) < 4.78 is 31.6. The number of benzene rings is 2. The molecule has 0 bridgehead atoms. The van der Waals surface area contributed by atoms with Gasteiger partial charge >= 0.3 is 0 Å². The lowest BCUT2D eigenvalue weighted by atomic mass is 10.2. The Kier molecular flexibility index (Phi) is 3.67. The minimum absolute atomic E-state index is 0.0582. The van der Waals surface area contributed by atoms with E-state index in [1.54, 1.807) is 24.3 Å². The lowest BCUT2D eigenvalue weighted by molar-refractivity contribution is 0.286. The van der Waals surface area contributed by atoms with Gasteiger partial charge in [-0.1, -0.05) is 23.7 Å². The third-order valence-corrected chi connectivity index (χ3v) is 2.63. The molecule has 2 N–H and O–H groups in total. The molecule has 2 rings (SSSR count). The first-order chi connectivity index (χ1) is 8.58. The van der Waals surface area contributed by atoms with E-state index in [-0.39, 0.29) is 18.0 Å². The van der Waals surface area contributed by atoms with E-state index in [1.165, 1.54) is 6.07 Å². The summed E-state index contributed by atoms with van der Waals surface area (Å²) in [5.74, 6) is -2.34. The van der Waals surface area contributed by atoms with Crippen LogP contribution in [0.1, 0.15) is 5.56 Å². The second kappa shape index (κ2) is 5.23. The molecule has 2 aromatic carbocycles. The number of nitrogen functional groups attached to an aromatic ring is 1. The predicted molar refractivity (Wildman–Crippen MR) is 66.6 cm³/mol. The van der Waals surface area contributed by atoms with Crippen LogP contribution in [0.2, 0.25) is 5.02 Å². The van der Waals surface area contributed by atoms with Crippen molar-refractivity contribution in [3.63, 3.8) is 0 Å². The molecule has 0 aliphatic heterocycles. The molecule has 0 saturated carbocycles. The highest BCUT2D eigenvalue weighted by Gasteiger charge is 2.13. The Balaban J connectivity index is 2.15. The van der Waals surface area contributed by atoms with E-state index in [9.17, 15) is 8.78 Å². The number of anilines is 1. The van der Waals surface area contributed by atoms with Gasteiger partial charge in [-0.15, -0.1) is 0 Å². The van der Waals surface area contributed by atoms with Crippen molar-refractivity contribution in [3.8, 4) is 5.75 Å². The van der Waals surface area contributed by atoms with Gasteiger partial charge in [0.1, 0.15) is 6.61 Å². The van der Waals surface area contributed by atoms with Crippen LogP contribution in [0.3, 0.4) is 0 Å². The first kappa shape index (κ1) is 12.6. The minimum Gasteiger partial charge on any atom is -0.484 e. The molecule has 0 aliphatic rings. The summed E-state index contributed by atoms with van der Waals surface area (Å²) in [6.07, 6.45) is 0. The van der Waals surface area contributed by atoms with Crippen molar-refractivity contribution < 1.29 is 13.5 Å². The van der Waals surface area contributed by atoms with Crippen LogP contribution in [-0.4, -0.2) is 0 Å². The molecule has 0 amide bonds. The quantitative estimate of drug-likeness (QED) is 0.861. The van der Waals surface area contributed by atoms with Crippen molar-refractivity contribution >= 4 is 17.3 Å². The Morgan fingerprint density at radius 1 is 1.06 bits per heavy atom. The van der Waals surface area contributed by atoms with Gasteiger partial charge in [0.25, 0.3) is 0 Å². The highest BCUT2D eigenvalue weighted by Crippen LogP contribution is 2.28. The summed E-state index contributed by atoms with van der Waals surface area (Å²) in [4.78, 5) is 0. The van der Waals surface area contributed by atoms with Crippen LogP contribution in [0.4, 0.5) is 14.5 Å². The molecule has 0 aliphatic carbocycles. The molecule has 0 aromatic heterocycles. The molecule has 0 spiro atoms. The van der Waals surface area contributed by atoms with Gasteiger partial charge in [0.2, 0.25) is 5.82 Å². The largest absolute Gasteiger partial charge is 0.484 e. The van der Waals surface area contributed by atoms with Crippen molar-refractivity contribution in [3.05, 3.63) is 58.6 Å². The summed E-state index contributed by atoms with van der Waals surface area (Å²) in [5, 5.41) is 0.593. The Labute approximate surface area is 108 Å². The average molecular weight is 270 g/mol. The minimum atomic E-state index is -1.08. The molecule has 0 saturated heterocycles. The molecule has 5 heteroatoms. The Bertz CT molecular complexity index is 558. The van der Waals surface area contributed by atoms with Gasteiger partial charge in [0.15, 0.2) is 11.6 Å². The van der Waals surface area contributed by atoms with Crippen LogP contribution in [0, 0.1) is 11.6 Å². The fourth-order valence-electron chi connectivity index (χ4n) is 1.43. The van der Waals surface area contributed by atoms with Gasteiger partial charge in [-0.25, -0.2) is 4.39 Å². The van der Waals surface area contributed by atoms with Gasteiger partial charge in [-0.3, -0.25) is 0 Å². The molecular weight excluding hydrogens is 260 g/mol. The zero-order valence-corrected chi connectivity index (χ0v) is 10.0. The van der Waals surface area contributed by atoms with Gasteiger partial charge < -0.3 is 10.5 Å². The summed E-state index contributed by atoms with van der Waals surface area (Å²) in [6.45, 7) is 0.0851. The van der Waals surface area contributed by atoms with Crippen LogP contribution in [-0.2, 0) is 6.61 Å². The van der Waals surface area contributed by atoms with Crippen molar-refractivity contribution in [2.75, 3.05) is 5.73 Å². The average Bonchev–Trinajstić information content (AvgIpc) is 2.36. The topological polar surface area (TPSA) is 35.2 Å². The zero-order valence-electron chi connectivity index (χ0n) is 9.29. The maximum Gasteiger partial charge on any atom is 0.202 e. The number of hydrogen-bond donors (Lipinski definition) is 1. The SMILES string of the molecule is Nc1ccc(F)c(F)c1OCc1ccc(Cl)cc1. The molecule has 2 aromatic rings. The number of halogens is 3. The van der Waals surface area contributed by atoms with Crippen molar-refractivity contribution in [1.82, 2.24) is 0 Å². The van der Waals surface area contributed by atoms with Gasteiger partial charge in [-0.05, 0) is 29.8 Å². The molecule has 0 unspecified atom stereocenters. The van der Waals surface area contributed by atoms with Gasteiger partial charge in [0.05, 0.1) is 5.69 Å². The van der Waals surface area contributed by atoms with Crippen molar-refractivity contribution in [2.45, 2.75) is 6.61 Å².